The molecule has 0 fully saturated rings. The smallest absolute Gasteiger partial charge is 0.123 e. The Bertz CT molecular complexity index is 339. The fourth-order valence-corrected chi connectivity index (χ4v) is 1.77. The molecule has 3 heteroatoms. The topological polar surface area (TPSA) is 30.5 Å². The SMILES string of the molecule is CCOCCCOc1ccccc1CNCC(C)C. The van der Waals surface area contributed by atoms with Gasteiger partial charge in [-0.2, -0.15) is 0 Å². The van der Waals surface area contributed by atoms with Crippen molar-refractivity contribution in [2.75, 3.05) is 26.4 Å². The molecule has 3 nitrogen and oxygen atoms in total. The molecule has 0 saturated heterocycles. The average molecular weight is 265 g/mol. The van der Waals surface area contributed by atoms with E-state index in [1.807, 2.05) is 19.1 Å². The van der Waals surface area contributed by atoms with Gasteiger partial charge in [0, 0.05) is 31.7 Å². The maximum absolute atomic E-state index is 5.82. The van der Waals surface area contributed by atoms with E-state index in [4.69, 9.17) is 9.47 Å². The van der Waals surface area contributed by atoms with Crippen molar-refractivity contribution in [3.05, 3.63) is 29.8 Å². The molecule has 1 aromatic carbocycles. The Labute approximate surface area is 117 Å². The third-order valence-electron chi connectivity index (χ3n) is 2.74. The zero-order valence-electron chi connectivity index (χ0n) is 12.4. The summed E-state index contributed by atoms with van der Waals surface area (Å²) in [4.78, 5) is 0. The van der Waals surface area contributed by atoms with Crippen molar-refractivity contribution in [3.8, 4) is 5.75 Å². The zero-order valence-corrected chi connectivity index (χ0v) is 12.4. The molecule has 0 aromatic heterocycles. The third kappa shape index (κ3) is 7.19. The van der Waals surface area contributed by atoms with E-state index in [-0.39, 0.29) is 0 Å². The molecule has 1 aromatic rings. The number of nitrogens with one attached hydrogen (secondary N) is 1. The summed E-state index contributed by atoms with van der Waals surface area (Å²) >= 11 is 0. The van der Waals surface area contributed by atoms with Crippen molar-refractivity contribution in [2.24, 2.45) is 5.92 Å². The van der Waals surface area contributed by atoms with Crippen LogP contribution in [0.25, 0.3) is 0 Å². The molecule has 0 aliphatic carbocycles. The first-order valence-electron chi connectivity index (χ1n) is 7.23. The standard InChI is InChI=1S/C16H27NO2/c1-4-18-10-7-11-19-16-9-6-5-8-15(16)13-17-12-14(2)3/h5-6,8-9,14,17H,4,7,10-13H2,1-3H3. The number of ether oxygens (including phenoxy) is 2. The van der Waals surface area contributed by atoms with Crippen LogP contribution in [0.3, 0.4) is 0 Å². The molecule has 0 aliphatic rings. The monoisotopic (exact) mass is 265 g/mol. The molecule has 0 aliphatic heterocycles. The second kappa shape index (κ2) is 9.82. The van der Waals surface area contributed by atoms with Crippen LogP contribution in [0.5, 0.6) is 5.75 Å². The highest BCUT2D eigenvalue weighted by Crippen LogP contribution is 2.17. The van der Waals surface area contributed by atoms with Gasteiger partial charge in [0.1, 0.15) is 5.75 Å². The van der Waals surface area contributed by atoms with Crippen LogP contribution < -0.4 is 10.1 Å². The maximum atomic E-state index is 5.82. The van der Waals surface area contributed by atoms with Gasteiger partial charge in [-0.3, -0.25) is 0 Å². The van der Waals surface area contributed by atoms with Gasteiger partial charge in [-0.05, 0) is 25.5 Å². The van der Waals surface area contributed by atoms with Crippen LogP contribution in [0.1, 0.15) is 32.8 Å². The predicted octanol–water partition coefficient (Wildman–Crippen LogP) is 3.24. The lowest BCUT2D eigenvalue weighted by Gasteiger charge is -2.13. The molecule has 0 bridgehead atoms. The Balaban J connectivity index is 2.35. The van der Waals surface area contributed by atoms with Crippen LogP contribution in [-0.2, 0) is 11.3 Å². The minimum Gasteiger partial charge on any atom is -0.493 e. The molecule has 1 N–H and O–H groups in total. The summed E-state index contributed by atoms with van der Waals surface area (Å²) < 4.78 is 11.1. The van der Waals surface area contributed by atoms with Crippen molar-refractivity contribution in [1.82, 2.24) is 5.32 Å². The molecule has 0 atom stereocenters. The molecular formula is C16H27NO2. The Kier molecular flexibility index (Phi) is 8.26. The Morgan fingerprint density at radius 1 is 1.16 bits per heavy atom. The Morgan fingerprint density at radius 3 is 2.68 bits per heavy atom. The van der Waals surface area contributed by atoms with E-state index in [9.17, 15) is 0 Å². The fourth-order valence-electron chi connectivity index (χ4n) is 1.77. The van der Waals surface area contributed by atoms with Crippen LogP contribution in [0, 0.1) is 5.92 Å². The van der Waals surface area contributed by atoms with E-state index in [1.54, 1.807) is 0 Å². The molecule has 1 rings (SSSR count). The van der Waals surface area contributed by atoms with Gasteiger partial charge in [0.2, 0.25) is 0 Å². The highest BCUT2D eigenvalue weighted by molar-refractivity contribution is 5.33. The first-order valence-corrected chi connectivity index (χ1v) is 7.23. The number of rotatable bonds is 10. The average Bonchev–Trinajstić information content (AvgIpc) is 2.40. The van der Waals surface area contributed by atoms with E-state index in [1.165, 1.54) is 5.56 Å². The summed E-state index contributed by atoms with van der Waals surface area (Å²) in [6, 6.07) is 8.22. The van der Waals surface area contributed by atoms with Crippen LogP contribution >= 0.6 is 0 Å². The van der Waals surface area contributed by atoms with Crippen LogP contribution in [0.4, 0.5) is 0 Å². The molecular weight excluding hydrogens is 238 g/mol. The molecule has 108 valence electrons. The lowest BCUT2D eigenvalue weighted by atomic mass is 10.2. The fraction of sp³-hybridized carbons (Fsp3) is 0.625. The Morgan fingerprint density at radius 2 is 1.95 bits per heavy atom. The van der Waals surface area contributed by atoms with Crippen LogP contribution in [-0.4, -0.2) is 26.4 Å². The number of para-hydroxylation sites is 1. The molecule has 0 heterocycles. The van der Waals surface area contributed by atoms with Crippen molar-refractivity contribution in [1.29, 1.82) is 0 Å². The van der Waals surface area contributed by atoms with Gasteiger partial charge in [0.05, 0.1) is 6.61 Å². The van der Waals surface area contributed by atoms with Gasteiger partial charge < -0.3 is 14.8 Å². The van der Waals surface area contributed by atoms with Gasteiger partial charge in [0.15, 0.2) is 0 Å². The van der Waals surface area contributed by atoms with E-state index >= 15 is 0 Å². The van der Waals surface area contributed by atoms with Gasteiger partial charge in [-0.1, -0.05) is 32.0 Å². The summed E-state index contributed by atoms with van der Waals surface area (Å²) in [5.41, 5.74) is 1.22. The highest BCUT2D eigenvalue weighted by atomic mass is 16.5. The van der Waals surface area contributed by atoms with Gasteiger partial charge in [-0.15, -0.1) is 0 Å². The van der Waals surface area contributed by atoms with Crippen molar-refractivity contribution in [2.45, 2.75) is 33.7 Å². The largest absolute Gasteiger partial charge is 0.493 e. The van der Waals surface area contributed by atoms with E-state index < -0.39 is 0 Å². The number of hydrogen-bond donors (Lipinski definition) is 1. The lowest BCUT2D eigenvalue weighted by molar-refractivity contribution is 0.130. The number of hydrogen-bond acceptors (Lipinski definition) is 3. The number of benzene rings is 1. The first kappa shape index (κ1) is 16.0. The van der Waals surface area contributed by atoms with Gasteiger partial charge in [0.25, 0.3) is 0 Å². The summed E-state index contributed by atoms with van der Waals surface area (Å²) in [5.74, 6) is 1.65. The minimum absolute atomic E-state index is 0.666. The van der Waals surface area contributed by atoms with Gasteiger partial charge >= 0.3 is 0 Å². The van der Waals surface area contributed by atoms with Crippen LogP contribution in [0.2, 0.25) is 0 Å². The quantitative estimate of drug-likeness (QED) is 0.659. The second-order valence-corrected chi connectivity index (χ2v) is 5.03. The van der Waals surface area contributed by atoms with Gasteiger partial charge in [-0.25, -0.2) is 0 Å². The Hall–Kier alpha value is -1.06. The maximum Gasteiger partial charge on any atom is 0.123 e. The summed E-state index contributed by atoms with van der Waals surface area (Å²) in [6.45, 7) is 10.6. The molecule has 0 spiro atoms. The first-order chi connectivity index (χ1) is 9.24. The van der Waals surface area contributed by atoms with Crippen molar-refractivity contribution < 1.29 is 9.47 Å². The lowest BCUT2D eigenvalue weighted by Crippen LogP contribution is -2.19. The van der Waals surface area contributed by atoms with E-state index in [0.717, 1.165) is 38.5 Å². The predicted molar refractivity (Wildman–Crippen MR) is 79.6 cm³/mol. The molecule has 0 amide bonds. The highest BCUT2D eigenvalue weighted by Gasteiger charge is 2.03. The van der Waals surface area contributed by atoms with Crippen LogP contribution in [0.15, 0.2) is 24.3 Å². The minimum atomic E-state index is 0.666. The molecule has 0 radical (unpaired) electrons. The van der Waals surface area contributed by atoms with Crippen molar-refractivity contribution in [3.63, 3.8) is 0 Å². The molecule has 0 unspecified atom stereocenters. The molecule has 0 saturated carbocycles. The summed E-state index contributed by atoms with van der Waals surface area (Å²) in [5, 5.41) is 3.45. The normalized spacial score (nSPS) is 10.9. The summed E-state index contributed by atoms with van der Waals surface area (Å²) in [7, 11) is 0. The second-order valence-electron chi connectivity index (χ2n) is 5.03. The molecule has 19 heavy (non-hydrogen) atoms. The summed E-state index contributed by atoms with van der Waals surface area (Å²) in [6.07, 6.45) is 0.932. The zero-order chi connectivity index (χ0) is 13.9. The third-order valence-corrected chi connectivity index (χ3v) is 2.74. The van der Waals surface area contributed by atoms with E-state index in [0.29, 0.717) is 12.5 Å². The van der Waals surface area contributed by atoms with Crippen molar-refractivity contribution >= 4 is 0 Å². The van der Waals surface area contributed by atoms with E-state index in [2.05, 4.69) is 31.3 Å².